The summed E-state index contributed by atoms with van der Waals surface area (Å²) in [5.41, 5.74) is 1.55. The number of unbranched alkanes of at least 4 members (excludes halogenated alkanes) is 7. The molecule has 1 atom stereocenters. The maximum atomic E-state index is 14.0. The molecule has 0 aromatic heterocycles. The SMILES string of the molecule is CCCCCCCCCCOC(=O)CC1C(=O)NCCN1C(=O)N1c2ccccc2Sc2ccccc21. The molecule has 8 heteroatoms. The number of nitrogens with one attached hydrogen (secondary N) is 1. The summed E-state index contributed by atoms with van der Waals surface area (Å²) in [7, 11) is 0. The number of hydrogen-bond donors (Lipinski definition) is 1. The molecule has 2 aliphatic rings. The summed E-state index contributed by atoms with van der Waals surface area (Å²) < 4.78 is 5.45. The molecule has 0 radical (unpaired) electrons. The number of esters is 1. The van der Waals surface area contributed by atoms with Gasteiger partial charge in [-0.05, 0) is 30.7 Å². The van der Waals surface area contributed by atoms with Crippen molar-refractivity contribution in [1.82, 2.24) is 10.2 Å². The first kappa shape index (κ1) is 27.0. The van der Waals surface area contributed by atoms with E-state index in [1.54, 1.807) is 16.7 Å². The highest BCUT2D eigenvalue weighted by atomic mass is 32.2. The van der Waals surface area contributed by atoms with Crippen LogP contribution >= 0.6 is 11.8 Å². The van der Waals surface area contributed by atoms with E-state index in [2.05, 4.69) is 12.2 Å². The van der Waals surface area contributed by atoms with Gasteiger partial charge >= 0.3 is 12.0 Å². The van der Waals surface area contributed by atoms with Crippen molar-refractivity contribution < 1.29 is 19.1 Å². The van der Waals surface area contributed by atoms with Gasteiger partial charge in [-0.1, -0.05) is 87.9 Å². The minimum absolute atomic E-state index is 0.152. The Morgan fingerprint density at radius 1 is 0.919 bits per heavy atom. The van der Waals surface area contributed by atoms with E-state index < -0.39 is 12.0 Å². The molecule has 2 aromatic carbocycles. The fraction of sp³-hybridized carbons (Fsp3) is 0.483. The molecule has 1 fully saturated rings. The second-order valence-corrected chi connectivity index (χ2v) is 10.6. The van der Waals surface area contributed by atoms with Crippen molar-refractivity contribution in [3.05, 3.63) is 48.5 Å². The summed E-state index contributed by atoms with van der Waals surface area (Å²) >= 11 is 1.62. The number of carbonyl (C=O) groups is 3. The van der Waals surface area contributed by atoms with Gasteiger partial charge in [0.25, 0.3) is 0 Å². The van der Waals surface area contributed by atoms with Crippen molar-refractivity contribution in [2.45, 2.75) is 80.5 Å². The number of amides is 3. The van der Waals surface area contributed by atoms with Crippen LogP contribution in [0.4, 0.5) is 16.2 Å². The molecule has 3 amide bonds. The van der Waals surface area contributed by atoms with Crippen LogP contribution in [-0.4, -0.2) is 48.5 Å². The summed E-state index contributed by atoms with van der Waals surface area (Å²) in [5, 5.41) is 2.81. The molecule has 198 valence electrons. The Morgan fingerprint density at radius 3 is 2.16 bits per heavy atom. The quantitative estimate of drug-likeness (QED) is 0.277. The minimum atomic E-state index is -0.902. The van der Waals surface area contributed by atoms with Crippen LogP contribution in [0, 0.1) is 0 Å². The Hall–Kier alpha value is -3.00. The summed E-state index contributed by atoms with van der Waals surface area (Å²) in [5.74, 6) is -0.769. The molecule has 1 N–H and O–H groups in total. The van der Waals surface area contributed by atoms with E-state index in [1.165, 1.54) is 37.0 Å². The average Bonchev–Trinajstić information content (AvgIpc) is 2.91. The Labute approximate surface area is 223 Å². The third kappa shape index (κ3) is 6.86. The number of urea groups is 1. The minimum Gasteiger partial charge on any atom is -0.466 e. The lowest BCUT2D eigenvalue weighted by Crippen LogP contribution is -2.60. The zero-order valence-corrected chi connectivity index (χ0v) is 22.4. The molecular weight excluding hydrogens is 486 g/mol. The second kappa shape index (κ2) is 13.5. The number of fused-ring (bicyclic) bond motifs is 2. The molecular formula is C29H37N3O4S. The van der Waals surface area contributed by atoms with E-state index >= 15 is 0 Å². The molecule has 2 aromatic rings. The molecule has 0 saturated carbocycles. The van der Waals surface area contributed by atoms with E-state index in [0.717, 1.165) is 40.4 Å². The molecule has 1 saturated heterocycles. The first-order valence-corrected chi connectivity index (χ1v) is 14.3. The standard InChI is InChI=1S/C29H37N3O4S/c1-2-3-4-5-6-7-8-13-20-36-27(33)21-24-28(34)30-18-19-31(24)29(35)32-22-14-9-11-16-25(22)37-26-17-12-10-15-23(26)32/h9-12,14-17,24H,2-8,13,18-21H2,1H3,(H,30,34). The highest BCUT2D eigenvalue weighted by Crippen LogP contribution is 2.48. The van der Waals surface area contributed by atoms with Crippen LogP contribution in [-0.2, 0) is 14.3 Å². The van der Waals surface area contributed by atoms with Gasteiger partial charge in [0.15, 0.2) is 0 Å². The Kier molecular flexibility index (Phi) is 9.88. The van der Waals surface area contributed by atoms with Gasteiger partial charge in [-0.25, -0.2) is 4.79 Å². The van der Waals surface area contributed by atoms with Crippen molar-refractivity contribution in [3.8, 4) is 0 Å². The van der Waals surface area contributed by atoms with Gasteiger partial charge in [-0.3, -0.25) is 14.5 Å². The zero-order valence-electron chi connectivity index (χ0n) is 21.6. The first-order valence-electron chi connectivity index (χ1n) is 13.5. The van der Waals surface area contributed by atoms with Gasteiger partial charge in [0.1, 0.15) is 6.04 Å². The van der Waals surface area contributed by atoms with Crippen LogP contribution in [0.15, 0.2) is 58.3 Å². The molecule has 1 unspecified atom stereocenters. The highest BCUT2D eigenvalue weighted by molar-refractivity contribution is 7.99. The number of rotatable bonds is 11. The molecule has 0 bridgehead atoms. The van der Waals surface area contributed by atoms with Gasteiger partial charge in [0.05, 0.1) is 24.4 Å². The predicted molar refractivity (Wildman–Crippen MR) is 146 cm³/mol. The lowest BCUT2D eigenvalue weighted by Gasteiger charge is -2.40. The smallest absolute Gasteiger partial charge is 0.329 e. The van der Waals surface area contributed by atoms with Crippen LogP contribution in [0.3, 0.4) is 0 Å². The summed E-state index contributed by atoms with van der Waals surface area (Å²) in [6.45, 7) is 3.24. The summed E-state index contributed by atoms with van der Waals surface area (Å²) in [4.78, 5) is 44.5. The van der Waals surface area contributed by atoms with Gasteiger partial charge in [-0.2, -0.15) is 0 Å². The molecule has 37 heavy (non-hydrogen) atoms. The second-order valence-electron chi connectivity index (χ2n) is 9.56. The van der Waals surface area contributed by atoms with Crippen molar-refractivity contribution in [3.63, 3.8) is 0 Å². The van der Waals surface area contributed by atoms with E-state index in [9.17, 15) is 14.4 Å². The van der Waals surface area contributed by atoms with E-state index in [4.69, 9.17) is 4.74 Å². The number of nitrogens with zero attached hydrogens (tertiary/aromatic N) is 2. The van der Waals surface area contributed by atoms with Crippen LogP contribution in [0.5, 0.6) is 0 Å². The van der Waals surface area contributed by atoms with E-state index in [-0.39, 0.29) is 18.4 Å². The van der Waals surface area contributed by atoms with Gasteiger partial charge in [0.2, 0.25) is 5.91 Å². The predicted octanol–water partition coefficient (Wildman–Crippen LogP) is 6.28. The fourth-order valence-electron chi connectivity index (χ4n) is 4.82. The Bertz CT molecular complexity index is 1050. The van der Waals surface area contributed by atoms with Crippen LogP contribution in [0.25, 0.3) is 0 Å². The third-order valence-electron chi connectivity index (χ3n) is 6.82. The number of para-hydroxylation sites is 2. The van der Waals surface area contributed by atoms with Crippen molar-refractivity contribution in [1.29, 1.82) is 0 Å². The average molecular weight is 524 g/mol. The maximum absolute atomic E-state index is 14.0. The molecule has 4 rings (SSSR count). The number of piperazine rings is 1. The number of anilines is 2. The normalized spacial score (nSPS) is 16.6. The number of benzene rings is 2. The molecule has 0 spiro atoms. The molecule has 0 aliphatic carbocycles. The molecule has 2 aliphatic heterocycles. The number of hydrogen-bond acceptors (Lipinski definition) is 5. The monoisotopic (exact) mass is 523 g/mol. The Morgan fingerprint density at radius 2 is 1.51 bits per heavy atom. The molecule has 7 nitrogen and oxygen atoms in total. The summed E-state index contributed by atoms with van der Waals surface area (Å²) in [6.07, 6.45) is 9.15. The lowest BCUT2D eigenvalue weighted by atomic mass is 10.1. The van der Waals surface area contributed by atoms with Gasteiger partial charge in [0, 0.05) is 22.9 Å². The van der Waals surface area contributed by atoms with Gasteiger partial charge in [-0.15, -0.1) is 0 Å². The lowest BCUT2D eigenvalue weighted by molar-refractivity contribution is -0.147. The Balaban J connectivity index is 1.37. The number of ether oxygens (including phenoxy) is 1. The number of carbonyl (C=O) groups excluding carboxylic acids is 3. The van der Waals surface area contributed by atoms with Crippen LogP contribution in [0.1, 0.15) is 64.7 Å². The fourth-order valence-corrected chi connectivity index (χ4v) is 5.88. The van der Waals surface area contributed by atoms with E-state index in [1.807, 2.05) is 48.5 Å². The van der Waals surface area contributed by atoms with Crippen LogP contribution < -0.4 is 10.2 Å². The van der Waals surface area contributed by atoms with Crippen molar-refractivity contribution in [2.75, 3.05) is 24.6 Å². The zero-order chi connectivity index (χ0) is 26.0. The van der Waals surface area contributed by atoms with Gasteiger partial charge < -0.3 is 15.0 Å². The first-order chi connectivity index (χ1) is 18.1. The molecule has 2 heterocycles. The third-order valence-corrected chi connectivity index (χ3v) is 7.95. The largest absolute Gasteiger partial charge is 0.466 e. The van der Waals surface area contributed by atoms with Crippen LogP contribution in [0.2, 0.25) is 0 Å². The maximum Gasteiger partial charge on any atom is 0.329 e. The summed E-state index contributed by atoms with van der Waals surface area (Å²) in [6, 6.07) is 14.3. The highest BCUT2D eigenvalue weighted by Gasteiger charge is 2.39. The van der Waals surface area contributed by atoms with Crippen molar-refractivity contribution in [2.24, 2.45) is 0 Å². The van der Waals surface area contributed by atoms with E-state index in [0.29, 0.717) is 19.7 Å². The topological polar surface area (TPSA) is 79.0 Å². The van der Waals surface area contributed by atoms with Crippen molar-refractivity contribution >= 4 is 41.0 Å².